The van der Waals surface area contributed by atoms with Gasteiger partial charge in [-0.25, -0.2) is 8.78 Å². The van der Waals surface area contributed by atoms with E-state index in [9.17, 15) is 8.78 Å². The van der Waals surface area contributed by atoms with Gasteiger partial charge in [0.15, 0.2) is 11.6 Å². The zero-order chi connectivity index (χ0) is 8.55. The fraction of sp³-hybridized carbons (Fsp3) is 0.111. The van der Waals surface area contributed by atoms with Gasteiger partial charge in [0.25, 0.3) is 0 Å². The van der Waals surface area contributed by atoms with E-state index in [0.29, 0.717) is 6.61 Å². The van der Waals surface area contributed by atoms with E-state index >= 15 is 0 Å². The second-order valence-electron chi connectivity index (χ2n) is 2.49. The van der Waals surface area contributed by atoms with Crippen molar-refractivity contribution in [2.24, 2.45) is 0 Å². The quantitative estimate of drug-likeness (QED) is 0.577. The first-order valence-corrected chi connectivity index (χ1v) is 3.56. The van der Waals surface area contributed by atoms with Gasteiger partial charge in [-0.15, -0.1) is 0 Å². The SMILES string of the molecule is Fc1ccc(F)c2c1C=CCO2. The van der Waals surface area contributed by atoms with Gasteiger partial charge in [0.2, 0.25) is 0 Å². The lowest BCUT2D eigenvalue weighted by Crippen LogP contribution is -2.04. The number of halogens is 2. The third-order valence-corrected chi connectivity index (χ3v) is 1.70. The van der Waals surface area contributed by atoms with Crippen molar-refractivity contribution in [3.63, 3.8) is 0 Å². The van der Waals surface area contributed by atoms with Crippen molar-refractivity contribution in [3.8, 4) is 5.75 Å². The molecule has 0 radical (unpaired) electrons. The summed E-state index contributed by atoms with van der Waals surface area (Å²) in [4.78, 5) is 0. The van der Waals surface area contributed by atoms with E-state index in [4.69, 9.17) is 4.74 Å². The molecular weight excluding hydrogens is 162 g/mol. The van der Waals surface area contributed by atoms with Crippen LogP contribution in [0.15, 0.2) is 18.2 Å². The highest BCUT2D eigenvalue weighted by atomic mass is 19.1. The Morgan fingerprint density at radius 3 is 2.67 bits per heavy atom. The number of hydrogen-bond acceptors (Lipinski definition) is 1. The molecule has 1 aliphatic heterocycles. The van der Waals surface area contributed by atoms with Crippen molar-refractivity contribution in [1.29, 1.82) is 0 Å². The summed E-state index contributed by atoms with van der Waals surface area (Å²) in [5, 5.41) is 0. The summed E-state index contributed by atoms with van der Waals surface area (Å²) < 4.78 is 30.8. The summed E-state index contributed by atoms with van der Waals surface area (Å²) in [6.07, 6.45) is 3.17. The van der Waals surface area contributed by atoms with Crippen molar-refractivity contribution < 1.29 is 13.5 Å². The monoisotopic (exact) mass is 168 g/mol. The summed E-state index contributed by atoms with van der Waals surface area (Å²) in [6, 6.07) is 2.15. The highest BCUT2D eigenvalue weighted by Crippen LogP contribution is 2.28. The molecule has 3 heteroatoms. The Bertz CT molecular complexity index is 345. The Balaban J connectivity index is 2.67. The maximum atomic E-state index is 13.0. The Hall–Kier alpha value is -1.38. The average Bonchev–Trinajstić information content (AvgIpc) is 2.12. The van der Waals surface area contributed by atoms with Crippen LogP contribution in [-0.2, 0) is 0 Å². The molecule has 1 heterocycles. The minimum atomic E-state index is -0.518. The van der Waals surface area contributed by atoms with Gasteiger partial charge >= 0.3 is 0 Å². The van der Waals surface area contributed by atoms with E-state index in [2.05, 4.69) is 0 Å². The molecule has 0 aromatic heterocycles. The van der Waals surface area contributed by atoms with Gasteiger partial charge in [-0.2, -0.15) is 0 Å². The Morgan fingerprint density at radius 2 is 1.92 bits per heavy atom. The summed E-state index contributed by atoms with van der Waals surface area (Å²) >= 11 is 0. The Labute approximate surface area is 68.3 Å². The van der Waals surface area contributed by atoms with Gasteiger partial charge < -0.3 is 4.74 Å². The zero-order valence-corrected chi connectivity index (χ0v) is 6.18. The fourth-order valence-corrected chi connectivity index (χ4v) is 1.15. The van der Waals surface area contributed by atoms with Crippen LogP contribution in [0.1, 0.15) is 5.56 Å². The molecule has 0 unspecified atom stereocenters. The molecule has 0 bridgehead atoms. The molecule has 0 aliphatic carbocycles. The van der Waals surface area contributed by atoms with Gasteiger partial charge in [-0.1, -0.05) is 0 Å². The minimum absolute atomic E-state index is 0.0116. The van der Waals surface area contributed by atoms with Crippen molar-refractivity contribution in [2.75, 3.05) is 6.61 Å². The van der Waals surface area contributed by atoms with Gasteiger partial charge in [0, 0.05) is 0 Å². The van der Waals surface area contributed by atoms with Crippen LogP contribution in [0.5, 0.6) is 5.75 Å². The summed E-state index contributed by atoms with van der Waals surface area (Å²) in [7, 11) is 0. The van der Waals surface area contributed by atoms with Crippen LogP contribution < -0.4 is 4.74 Å². The minimum Gasteiger partial charge on any atom is -0.486 e. The van der Waals surface area contributed by atoms with E-state index in [0.717, 1.165) is 12.1 Å². The lowest BCUT2D eigenvalue weighted by molar-refractivity contribution is 0.334. The third-order valence-electron chi connectivity index (χ3n) is 1.70. The predicted octanol–water partition coefficient (Wildman–Crippen LogP) is 2.37. The van der Waals surface area contributed by atoms with Crippen LogP contribution in [0.3, 0.4) is 0 Å². The Morgan fingerprint density at radius 1 is 1.17 bits per heavy atom. The standard InChI is InChI=1S/C9H6F2O/c10-7-3-4-8(11)9-6(7)2-1-5-12-9/h1-4H,5H2. The molecule has 1 aromatic carbocycles. The lowest BCUT2D eigenvalue weighted by Gasteiger charge is -2.12. The smallest absolute Gasteiger partial charge is 0.165 e. The maximum absolute atomic E-state index is 13.0. The number of fused-ring (bicyclic) bond motifs is 1. The molecule has 0 saturated heterocycles. The molecule has 0 spiro atoms. The molecule has 2 rings (SSSR count). The number of benzene rings is 1. The number of rotatable bonds is 0. The molecule has 1 aliphatic rings. The van der Waals surface area contributed by atoms with Crippen LogP contribution in [-0.4, -0.2) is 6.61 Å². The summed E-state index contributed by atoms with van der Waals surface area (Å²) in [6.45, 7) is 0.299. The maximum Gasteiger partial charge on any atom is 0.165 e. The van der Waals surface area contributed by atoms with E-state index in [1.807, 2.05) is 0 Å². The first-order chi connectivity index (χ1) is 5.79. The van der Waals surface area contributed by atoms with E-state index in [1.54, 1.807) is 6.08 Å². The molecule has 0 amide bonds. The van der Waals surface area contributed by atoms with Crippen LogP contribution in [0.25, 0.3) is 6.08 Å². The van der Waals surface area contributed by atoms with Gasteiger partial charge in [-0.3, -0.25) is 0 Å². The normalized spacial score (nSPS) is 13.8. The predicted molar refractivity (Wildman–Crippen MR) is 40.9 cm³/mol. The molecule has 0 atom stereocenters. The molecule has 0 N–H and O–H groups in total. The summed E-state index contributed by atoms with van der Waals surface area (Å²) in [5.74, 6) is -0.962. The molecule has 1 aromatic rings. The fourth-order valence-electron chi connectivity index (χ4n) is 1.15. The number of hydrogen-bond donors (Lipinski definition) is 0. The van der Waals surface area contributed by atoms with Crippen molar-refractivity contribution in [1.82, 2.24) is 0 Å². The average molecular weight is 168 g/mol. The van der Waals surface area contributed by atoms with Crippen molar-refractivity contribution >= 4 is 6.08 Å². The highest BCUT2D eigenvalue weighted by Gasteiger charge is 2.14. The molecular formula is C9H6F2O. The molecule has 0 fully saturated rings. The van der Waals surface area contributed by atoms with Gasteiger partial charge in [0.1, 0.15) is 12.4 Å². The lowest BCUT2D eigenvalue weighted by atomic mass is 10.1. The highest BCUT2D eigenvalue weighted by molar-refractivity contribution is 5.60. The topological polar surface area (TPSA) is 9.23 Å². The van der Waals surface area contributed by atoms with Gasteiger partial charge in [0.05, 0.1) is 5.56 Å². The molecule has 0 saturated carbocycles. The first-order valence-electron chi connectivity index (χ1n) is 3.56. The summed E-state index contributed by atoms with van der Waals surface area (Å²) in [5.41, 5.74) is 0.196. The van der Waals surface area contributed by atoms with Gasteiger partial charge in [-0.05, 0) is 24.3 Å². The molecule has 62 valence electrons. The molecule has 12 heavy (non-hydrogen) atoms. The van der Waals surface area contributed by atoms with Crippen LogP contribution in [0.4, 0.5) is 8.78 Å². The van der Waals surface area contributed by atoms with E-state index in [-0.39, 0.29) is 11.3 Å². The zero-order valence-electron chi connectivity index (χ0n) is 6.18. The van der Waals surface area contributed by atoms with Crippen molar-refractivity contribution in [3.05, 3.63) is 35.4 Å². The first kappa shape index (κ1) is 7.28. The largest absolute Gasteiger partial charge is 0.486 e. The molecule has 1 nitrogen and oxygen atoms in total. The third kappa shape index (κ3) is 0.978. The van der Waals surface area contributed by atoms with E-state index in [1.165, 1.54) is 6.08 Å². The second-order valence-corrected chi connectivity index (χ2v) is 2.49. The van der Waals surface area contributed by atoms with Crippen molar-refractivity contribution in [2.45, 2.75) is 0 Å². The second kappa shape index (κ2) is 2.59. The van der Waals surface area contributed by atoms with Crippen LogP contribution in [0, 0.1) is 11.6 Å². The Kier molecular flexibility index (Phi) is 1.57. The van der Waals surface area contributed by atoms with Crippen LogP contribution >= 0.6 is 0 Å². The number of ether oxygens (including phenoxy) is 1. The van der Waals surface area contributed by atoms with E-state index < -0.39 is 11.6 Å². The van der Waals surface area contributed by atoms with Crippen LogP contribution in [0.2, 0.25) is 0 Å².